The van der Waals surface area contributed by atoms with Gasteiger partial charge in [-0.2, -0.15) is 27.0 Å². The van der Waals surface area contributed by atoms with Gasteiger partial charge in [0.1, 0.15) is 6.10 Å². The first-order valence-electron chi connectivity index (χ1n) is 8.88. The molecule has 0 aromatic heterocycles. The Kier molecular flexibility index (Phi) is 10.1. The Bertz CT molecular complexity index is 468. The molecule has 1 aliphatic heterocycles. The van der Waals surface area contributed by atoms with Crippen LogP contribution in [-0.2, 0) is 4.74 Å². The number of epoxide rings is 1. The lowest BCUT2D eigenvalue weighted by Gasteiger charge is -2.32. The molecule has 0 bridgehead atoms. The largest absolute Gasteiger partial charge is 0.390 e. The van der Waals surface area contributed by atoms with E-state index in [1.165, 1.54) is 0 Å². The Morgan fingerprint density at radius 1 is 1.08 bits per heavy atom. The van der Waals surface area contributed by atoms with E-state index < -0.39 is 0 Å². The fourth-order valence-electron chi connectivity index (χ4n) is 4.20. The van der Waals surface area contributed by atoms with E-state index >= 15 is 0 Å². The molecule has 1 saturated carbocycles. The highest BCUT2D eigenvalue weighted by Gasteiger charge is 2.61. The van der Waals surface area contributed by atoms with Crippen LogP contribution in [0.4, 0.5) is 0 Å². The van der Waals surface area contributed by atoms with Crippen molar-refractivity contribution >= 4 is 27.0 Å². The number of rotatable bonds is 6. The van der Waals surface area contributed by atoms with Gasteiger partial charge < -0.3 is 14.9 Å². The first-order valence-corrected chi connectivity index (χ1v) is 8.88. The highest BCUT2D eigenvalue weighted by atomic mass is 32.1. The van der Waals surface area contributed by atoms with Gasteiger partial charge in [-0.05, 0) is 38.5 Å². The first-order chi connectivity index (χ1) is 11.0. The van der Waals surface area contributed by atoms with Crippen molar-refractivity contribution in [2.75, 3.05) is 0 Å². The Labute approximate surface area is 167 Å². The van der Waals surface area contributed by atoms with Crippen molar-refractivity contribution in [2.24, 2.45) is 10.8 Å². The topological polar surface area (TPSA) is 53.0 Å². The summed E-state index contributed by atoms with van der Waals surface area (Å²) in [5.41, 5.74) is 0.150. The molecule has 0 amide bonds. The number of fused-ring (bicyclic) bond motifs is 1. The Balaban J connectivity index is 0.000000429. The van der Waals surface area contributed by atoms with Gasteiger partial charge in [0, 0.05) is 10.8 Å². The fraction of sp³-hybridized carbons (Fsp3) is 0.700. The third kappa shape index (κ3) is 4.95. The summed E-state index contributed by atoms with van der Waals surface area (Å²) in [6, 6.07) is 0. The molecule has 6 atom stereocenters. The zero-order valence-corrected chi connectivity index (χ0v) is 17.6. The lowest BCUT2D eigenvalue weighted by Crippen LogP contribution is -2.33. The molecule has 0 unspecified atom stereocenters. The maximum absolute atomic E-state index is 9.91. The lowest BCUT2D eigenvalue weighted by molar-refractivity contribution is -0.00322. The van der Waals surface area contributed by atoms with E-state index in [1.807, 2.05) is 18.2 Å². The minimum Gasteiger partial charge on any atom is -0.390 e. The standard InChI is InChI=1S/C10H16O2.C10H16O.2H2S/c1-3-5-10(4-2)6-7-8(12-7)9(10)11;1-3-7-10(4-2)8-5-6-9(10)11;;/h3,7-9,11H,1,4-6H2,2H3;3,5-6,9,11H,1,4,7-8H2,2H3;2*1H2/t7-,8-,9-,10-;9-,10-;;/m00../s1. The van der Waals surface area contributed by atoms with Gasteiger partial charge in [0.2, 0.25) is 0 Å². The van der Waals surface area contributed by atoms with Gasteiger partial charge in [-0.1, -0.05) is 38.2 Å². The molecule has 25 heavy (non-hydrogen) atoms. The van der Waals surface area contributed by atoms with E-state index in [-0.39, 0.29) is 56.1 Å². The van der Waals surface area contributed by atoms with Crippen molar-refractivity contribution < 1.29 is 14.9 Å². The van der Waals surface area contributed by atoms with E-state index in [4.69, 9.17) is 4.74 Å². The zero-order chi connectivity index (χ0) is 17.1. The predicted molar refractivity (Wildman–Crippen MR) is 115 cm³/mol. The third-order valence-corrected chi connectivity index (χ3v) is 6.15. The van der Waals surface area contributed by atoms with Crippen molar-refractivity contribution in [1.29, 1.82) is 0 Å². The molecule has 3 nitrogen and oxygen atoms in total. The van der Waals surface area contributed by atoms with E-state index in [0.717, 1.165) is 38.5 Å². The van der Waals surface area contributed by atoms with Crippen molar-refractivity contribution in [3.63, 3.8) is 0 Å². The molecule has 0 aromatic carbocycles. The minimum absolute atomic E-state index is 0. The summed E-state index contributed by atoms with van der Waals surface area (Å²) >= 11 is 0. The second kappa shape index (κ2) is 10.2. The molecule has 2 N–H and O–H groups in total. The van der Waals surface area contributed by atoms with E-state index in [1.54, 1.807) is 0 Å². The van der Waals surface area contributed by atoms with Crippen LogP contribution in [-0.4, -0.2) is 34.6 Å². The van der Waals surface area contributed by atoms with Crippen LogP contribution in [0.25, 0.3) is 0 Å². The average molecular weight is 389 g/mol. The second-order valence-corrected chi connectivity index (χ2v) is 7.28. The van der Waals surface area contributed by atoms with Crippen molar-refractivity contribution in [3.05, 3.63) is 37.5 Å². The highest BCUT2D eigenvalue weighted by molar-refractivity contribution is 7.59. The van der Waals surface area contributed by atoms with Crippen molar-refractivity contribution in [1.82, 2.24) is 0 Å². The van der Waals surface area contributed by atoms with Crippen LogP contribution in [0.5, 0.6) is 0 Å². The van der Waals surface area contributed by atoms with Gasteiger partial charge in [-0.3, -0.25) is 0 Å². The number of hydrogen-bond donors (Lipinski definition) is 2. The van der Waals surface area contributed by atoms with Gasteiger partial charge >= 0.3 is 0 Å². The molecule has 1 saturated heterocycles. The normalized spacial score (nSPS) is 40.0. The molecule has 1 heterocycles. The van der Waals surface area contributed by atoms with Crippen LogP contribution in [0.15, 0.2) is 37.5 Å². The summed E-state index contributed by atoms with van der Waals surface area (Å²) in [5.74, 6) is 0. The second-order valence-electron chi connectivity index (χ2n) is 7.28. The number of hydrogen-bond acceptors (Lipinski definition) is 3. The molecule has 3 aliphatic rings. The third-order valence-electron chi connectivity index (χ3n) is 6.15. The summed E-state index contributed by atoms with van der Waals surface area (Å²) in [5, 5.41) is 19.5. The molecular weight excluding hydrogens is 352 g/mol. The Morgan fingerprint density at radius 2 is 1.64 bits per heavy atom. The van der Waals surface area contributed by atoms with Crippen LogP contribution in [0.1, 0.15) is 52.4 Å². The maximum Gasteiger partial charge on any atom is 0.111 e. The molecule has 0 aromatic rings. The number of allylic oxidation sites excluding steroid dienone is 3. The molecule has 2 aliphatic carbocycles. The Morgan fingerprint density at radius 3 is 2.00 bits per heavy atom. The minimum atomic E-state index is -0.259. The van der Waals surface area contributed by atoms with Crippen LogP contribution in [0.3, 0.4) is 0 Å². The molecule has 0 radical (unpaired) electrons. The zero-order valence-electron chi connectivity index (χ0n) is 15.6. The quantitative estimate of drug-likeness (QED) is 0.534. The van der Waals surface area contributed by atoms with E-state index in [9.17, 15) is 10.2 Å². The SMILES string of the molecule is C=CC[C@@]1(CC)CC=C[C@@H]1O.C=CC[C@@]1(CC)C[C@@H]2O[C@@H]2[C@@H]1O.S.S. The number of ether oxygens (including phenoxy) is 1. The molecule has 2 fully saturated rings. The Hall–Kier alpha value is -0.200. The smallest absolute Gasteiger partial charge is 0.111 e. The molecule has 0 spiro atoms. The molecule has 3 rings (SSSR count). The van der Waals surface area contributed by atoms with E-state index in [2.05, 4.69) is 33.1 Å². The molecule has 146 valence electrons. The van der Waals surface area contributed by atoms with Crippen LogP contribution in [0, 0.1) is 10.8 Å². The van der Waals surface area contributed by atoms with Gasteiger partial charge in [-0.25, -0.2) is 0 Å². The van der Waals surface area contributed by atoms with Crippen molar-refractivity contribution in [3.8, 4) is 0 Å². The number of aliphatic hydroxyl groups is 2. The molecular formula is C20H36O3S2. The summed E-state index contributed by atoms with van der Waals surface area (Å²) in [6.45, 7) is 11.7. The predicted octanol–water partition coefficient (Wildman–Crippen LogP) is 4.00. The lowest BCUT2D eigenvalue weighted by atomic mass is 9.77. The van der Waals surface area contributed by atoms with Crippen LogP contribution < -0.4 is 0 Å². The van der Waals surface area contributed by atoms with Crippen LogP contribution in [0.2, 0.25) is 0 Å². The monoisotopic (exact) mass is 388 g/mol. The van der Waals surface area contributed by atoms with Gasteiger partial charge in [0.05, 0.1) is 18.3 Å². The van der Waals surface area contributed by atoms with Gasteiger partial charge in [0.15, 0.2) is 0 Å². The van der Waals surface area contributed by atoms with Crippen molar-refractivity contribution in [2.45, 2.75) is 76.8 Å². The highest BCUT2D eigenvalue weighted by Crippen LogP contribution is 2.53. The molecule has 5 heteroatoms. The summed E-state index contributed by atoms with van der Waals surface area (Å²) < 4.78 is 5.28. The summed E-state index contributed by atoms with van der Waals surface area (Å²) in [6.07, 6.45) is 13.6. The summed E-state index contributed by atoms with van der Waals surface area (Å²) in [4.78, 5) is 0. The van der Waals surface area contributed by atoms with Crippen LogP contribution >= 0.6 is 27.0 Å². The fourth-order valence-corrected chi connectivity index (χ4v) is 4.20. The summed E-state index contributed by atoms with van der Waals surface area (Å²) in [7, 11) is 0. The van der Waals surface area contributed by atoms with Gasteiger partial charge in [0.25, 0.3) is 0 Å². The van der Waals surface area contributed by atoms with Gasteiger partial charge in [-0.15, -0.1) is 13.2 Å². The number of aliphatic hydroxyl groups excluding tert-OH is 2. The maximum atomic E-state index is 9.91. The first kappa shape index (κ1) is 24.8. The van der Waals surface area contributed by atoms with E-state index in [0.29, 0.717) is 6.10 Å². The average Bonchev–Trinajstić information content (AvgIpc) is 3.14.